The van der Waals surface area contributed by atoms with E-state index in [1.165, 1.54) is 0 Å². The minimum absolute atomic E-state index is 0.102. The highest BCUT2D eigenvalue weighted by Gasteiger charge is 2.51. The summed E-state index contributed by atoms with van der Waals surface area (Å²) in [6.07, 6.45) is 0. The summed E-state index contributed by atoms with van der Waals surface area (Å²) < 4.78 is 0. The van der Waals surface area contributed by atoms with E-state index < -0.39 is 17.3 Å². The summed E-state index contributed by atoms with van der Waals surface area (Å²) >= 11 is 0. The number of carboxylic acids is 1. The van der Waals surface area contributed by atoms with Crippen molar-refractivity contribution in [2.75, 3.05) is 0 Å². The van der Waals surface area contributed by atoms with Crippen LogP contribution in [0.1, 0.15) is 55.4 Å². The molecule has 0 aromatic carbocycles. The van der Waals surface area contributed by atoms with E-state index in [0.717, 1.165) is 0 Å². The van der Waals surface area contributed by atoms with Crippen LogP contribution in [0.5, 0.6) is 0 Å². The van der Waals surface area contributed by atoms with E-state index in [0.29, 0.717) is 0 Å². The van der Waals surface area contributed by atoms with Crippen molar-refractivity contribution in [2.24, 2.45) is 35.0 Å². The van der Waals surface area contributed by atoms with Crippen molar-refractivity contribution in [3.63, 3.8) is 0 Å². The monoisotopic (exact) mass is 270 g/mol. The second-order valence-corrected chi connectivity index (χ2v) is 6.82. The predicted molar refractivity (Wildman–Crippen MR) is 77.9 cm³/mol. The maximum absolute atomic E-state index is 13.0. The Balaban J connectivity index is 5.87. The van der Waals surface area contributed by atoms with Crippen molar-refractivity contribution < 1.29 is 14.7 Å². The molecule has 0 heterocycles. The van der Waals surface area contributed by atoms with Crippen LogP contribution in [0.25, 0.3) is 0 Å². The Morgan fingerprint density at radius 1 is 0.789 bits per heavy atom. The molecule has 0 spiro atoms. The molecule has 0 rings (SSSR count). The van der Waals surface area contributed by atoms with Crippen LogP contribution in [0.15, 0.2) is 0 Å². The zero-order valence-electron chi connectivity index (χ0n) is 13.7. The summed E-state index contributed by atoms with van der Waals surface area (Å²) in [5.41, 5.74) is -0.576. The maximum atomic E-state index is 13.0. The van der Waals surface area contributed by atoms with Crippen LogP contribution in [0.4, 0.5) is 0 Å². The fourth-order valence-electron chi connectivity index (χ4n) is 3.82. The number of aliphatic carboxylic acids is 1. The van der Waals surface area contributed by atoms with Crippen molar-refractivity contribution in [2.45, 2.75) is 55.4 Å². The molecule has 19 heavy (non-hydrogen) atoms. The first kappa shape index (κ1) is 18.1. The SMILES string of the molecule is CC(C)C(C(=O)O)C(=O)C(C(C)C)(C(C)C)C(C)C. The smallest absolute Gasteiger partial charge is 0.314 e. The molecule has 3 nitrogen and oxygen atoms in total. The van der Waals surface area contributed by atoms with E-state index in [2.05, 4.69) is 0 Å². The molecule has 0 amide bonds. The first-order chi connectivity index (χ1) is 8.51. The van der Waals surface area contributed by atoms with Gasteiger partial charge in [0.15, 0.2) is 5.78 Å². The number of carbonyl (C=O) groups excluding carboxylic acids is 1. The Hall–Kier alpha value is -0.860. The molecule has 112 valence electrons. The highest BCUT2D eigenvalue weighted by Crippen LogP contribution is 2.46. The molecule has 1 atom stereocenters. The molecule has 3 heteroatoms. The average molecular weight is 270 g/mol. The van der Waals surface area contributed by atoms with Crippen molar-refractivity contribution in [3.05, 3.63) is 0 Å². The highest BCUT2D eigenvalue weighted by atomic mass is 16.4. The van der Waals surface area contributed by atoms with Gasteiger partial charge in [0.2, 0.25) is 0 Å². The number of hydrogen-bond acceptors (Lipinski definition) is 2. The fourth-order valence-corrected chi connectivity index (χ4v) is 3.82. The van der Waals surface area contributed by atoms with E-state index >= 15 is 0 Å². The molecule has 1 unspecified atom stereocenters. The molecule has 0 aliphatic heterocycles. The van der Waals surface area contributed by atoms with Gasteiger partial charge < -0.3 is 5.11 Å². The quantitative estimate of drug-likeness (QED) is 0.714. The Morgan fingerprint density at radius 3 is 1.26 bits per heavy atom. The van der Waals surface area contributed by atoms with Crippen LogP contribution >= 0.6 is 0 Å². The van der Waals surface area contributed by atoms with Crippen molar-refractivity contribution in [1.29, 1.82) is 0 Å². The van der Waals surface area contributed by atoms with Gasteiger partial charge in [-0.25, -0.2) is 0 Å². The lowest BCUT2D eigenvalue weighted by Gasteiger charge is -2.45. The Kier molecular flexibility index (Phi) is 6.24. The average Bonchev–Trinajstić information content (AvgIpc) is 2.13. The Bertz CT molecular complexity index is 305. The summed E-state index contributed by atoms with van der Waals surface area (Å²) in [6, 6.07) is 0. The summed E-state index contributed by atoms with van der Waals surface area (Å²) in [6.45, 7) is 15.8. The number of carbonyl (C=O) groups is 2. The fraction of sp³-hybridized carbons (Fsp3) is 0.875. The third-order valence-electron chi connectivity index (χ3n) is 4.51. The van der Waals surface area contributed by atoms with Gasteiger partial charge in [-0.1, -0.05) is 55.4 Å². The lowest BCUT2D eigenvalue weighted by atomic mass is 9.57. The Morgan fingerprint density at radius 2 is 1.11 bits per heavy atom. The molecule has 0 radical (unpaired) electrons. The van der Waals surface area contributed by atoms with Crippen LogP contribution in [0.3, 0.4) is 0 Å². The van der Waals surface area contributed by atoms with Gasteiger partial charge in [0.1, 0.15) is 5.92 Å². The van der Waals surface area contributed by atoms with Gasteiger partial charge in [-0.3, -0.25) is 9.59 Å². The predicted octanol–water partition coefficient (Wildman–Crippen LogP) is 3.87. The molecule has 0 aliphatic rings. The normalized spacial score (nSPS) is 14.5. The molecule has 0 saturated carbocycles. The molecule has 0 aromatic heterocycles. The molecule has 0 fully saturated rings. The third-order valence-corrected chi connectivity index (χ3v) is 4.51. The number of ketones is 1. The standard InChI is InChI=1S/C16H30O3/c1-9(2)13(15(18)19)14(17)16(10(3)4,11(5)6)12(7)8/h9-13H,1-8H3,(H,18,19). The van der Waals surface area contributed by atoms with E-state index in [4.69, 9.17) is 0 Å². The minimum atomic E-state index is -0.994. The zero-order valence-corrected chi connectivity index (χ0v) is 13.7. The summed E-state index contributed by atoms with van der Waals surface area (Å²) in [5.74, 6) is -1.81. The van der Waals surface area contributed by atoms with E-state index in [9.17, 15) is 14.7 Å². The molecule has 0 aliphatic carbocycles. The van der Waals surface area contributed by atoms with E-state index in [1.807, 2.05) is 55.4 Å². The highest BCUT2D eigenvalue weighted by molar-refractivity contribution is 6.02. The van der Waals surface area contributed by atoms with Gasteiger partial charge in [0.05, 0.1) is 0 Å². The van der Waals surface area contributed by atoms with Crippen LogP contribution in [-0.2, 0) is 9.59 Å². The molecular weight excluding hydrogens is 240 g/mol. The topological polar surface area (TPSA) is 54.4 Å². The van der Waals surface area contributed by atoms with E-state index in [1.54, 1.807) is 0 Å². The van der Waals surface area contributed by atoms with Gasteiger partial charge in [0, 0.05) is 5.41 Å². The van der Waals surface area contributed by atoms with Crippen LogP contribution in [0, 0.1) is 35.0 Å². The number of hydrogen-bond donors (Lipinski definition) is 1. The van der Waals surface area contributed by atoms with Gasteiger partial charge in [-0.2, -0.15) is 0 Å². The van der Waals surface area contributed by atoms with Gasteiger partial charge in [-0.05, 0) is 23.7 Å². The van der Waals surface area contributed by atoms with Crippen LogP contribution in [0.2, 0.25) is 0 Å². The van der Waals surface area contributed by atoms with Crippen molar-refractivity contribution >= 4 is 11.8 Å². The lowest BCUT2D eigenvalue weighted by molar-refractivity contribution is -0.157. The van der Waals surface area contributed by atoms with Gasteiger partial charge >= 0.3 is 5.97 Å². The van der Waals surface area contributed by atoms with E-state index in [-0.39, 0.29) is 29.5 Å². The minimum Gasteiger partial charge on any atom is -0.481 e. The second kappa shape index (κ2) is 6.53. The van der Waals surface area contributed by atoms with Gasteiger partial charge in [-0.15, -0.1) is 0 Å². The Labute approximate surface area is 117 Å². The summed E-state index contributed by atoms with van der Waals surface area (Å²) in [5, 5.41) is 9.40. The van der Waals surface area contributed by atoms with Gasteiger partial charge in [0.25, 0.3) is 0 Å². The van der Waals surface area contributed by atoms with Crippen molar-refractivity contribution in [3.8, 4) is 0 Å². The zero-order chi connectivity index (χ0) is 15.5. The van der Waals surface area contributed by atoms with Crippen LogP contribution < -0.4 is 0 Å². The largest absolute Gasteiger partial charge is 0.481 e. The summed E-state index contributed by atoms with van der Waals surface area (Å²) in [4.78, 5) is 24.5. The van der Waals surface area contributed by atoms with Crippen LogP contribution in [-0.4, -0.2) is 16.9 Å². The molecule has 0 bridgehead atoms. The molecule has 0 aromatic rings. The molecule has 1 N–H and O–H groups in total. The molecular formula is C16H30O3. The lowest BCUT2D eigenvalue weighted by Crippen LogP contribution is -2.51. The maximum Gasteiger partial charge on any atom is 0.314 e. The second-order valence-electron chi connectivity index (χ2n) is 6.82. The third kappa shape index (κ3) is 3.18. The number of carboxylic acid groups (broad SMARTS) is 1. The number of rotatable bonds is 7. The molecule has 0 saturated heterocycles. The summed E-state index contributed by atoms with van der Waals surface area (Å²) in [7, 11) is 0. The first-order valence-electron chi connectivity index (χ1n) is 7.28. The van der Waals surface area contributed by atoms with Crippen molar-refractivity contribution in [1.82, 2.24) is 0 Å². The number of Topliss-reactive ketones (excluding diaryl/α,β-unsaturated/α-hetero) is 1. The first-order valence-corrected chi connectivity index (χ1v) is 7.28.